The molecule has 0 radical (unpaired) electrons. The van der Waals surface area contributed by atoms with Gasteiger partial charge in [0.05, 0.1) is 34.6 Å². The number of hydrogen-bond donors (Lipinski definition) is 2. The first-order chi connectivity index (χ1) is 14.3. The van der Waals surface area contributed by atoms with Gasteiger partial charge in [-0.3, -0.25) is 9.80 Å². The van der Waals surface area contributed by atoms with Crippen molar-refractivity contribution in [1.82, 2.24) is 20.9 Å². The number of alkyl halides is 3. The zero-order valence-corrected chi connectivity index (χ0v) is 15.7. The van der Waals surface area contributed by atoms with Gasteiger partial charge in [-0.25, -0.2) is 9.97 Å². The second kappa shape index (κ2) is 7.64. The number of fused-ring (bicyclic) bond motifs is 1. The van der Waals surface area contributed by atoms with Gasteiger partial charge in [0.1, 0.15) is 5.75 Å². The molecule has 4 rings (SSSR count). The van der Waals surface area contributed by atoms with Crippen molar-refractivity contribution < 1.29 is 17.9 Å². The molecule has 0 saturated carbocycles. The molecule has 0 fully saturated rings. The van der Waals surface area contributed by atoms with Gasteiger partial charge in [0.2, 0.25) is 0 Å². The fourth-order valence-corrected chi connectivity index (χ4v) is 3.03. The van der Waals surface area contributed by atoms with Crippen LogP contribution < -0.4 is 26.3 Å². The Morgan fingerprint density at radius 2 is 1.90 bits per heavy atom. The third kappa shape index (κ3) is 3.90. The van der Waals surface area contributed by atoms with Gasteiger partial charge in [-0.2, -0.15) is 13.2 Å². The highest BCUT2D eigenvalue weighted by Crippen LogP contribution is 2.38. The minimum atomic E-state index is -4.65. The summed E-state index contributed by atoms with van der Waals surface area (Å²) in [6.07, 6.45) is -1.19. The lowest BCUT2D eigenvalue weighted by Gasteiger charge is -2.16. The third-order valence-corrected chi connectivity index (χ3v) is 4.33. The van der Waals surface area contributed by atoms with Crippen LogP contribution in [0.4, 0.5) is 18.9 Å². The number of nitrogens with zero attached hydrogens (tertiary/aromatic N) is 3. The first-order valence-corrected chi connectivity index (χ1v) is 9.00. The van der Waals surface area contributed by atoms with Crippen molar-refractivity contribution >= 4 is 16.7 Å². The molecule has 0 unspecified atom stereocenters. The summed E-state index contributed by atoms with van der Waals surface area (Å²) in [5.74, 6) is -0.359. The highest BCUT2D eigenvalue weighted by Gasteiger charge is 2.35. The quantitative estimate of drug-likeness (QED) is 0.676. The molecule has 2 N–H and O–H groups in total. The zero-order chi connectivity index (χ0) is 21.3. The normalized spacial score (nSPS) is 13.5. The van der Waals surface area contributed by atoms with Gasteiger partial charge in [-0.1, -0.05) is 12.1 Å². The number of halogens is 3. The number of ether oxygens (including phenoxy) is 1. The molecule has 0 amide bonds. The molecule has 0 aliphatic carbocycles. The molecule has 7 nitrogen and oxygen atoms in total. The van der Waals surface area contributed by atoms with E-state index < -0.39 is 17.3 Å². The molecule has 0 saturated heterocycles. The average molecular weight is 415 g/mol. The Hall–Kier alpha value is -3.66. The number of benzene rings is 2. The van der Waals surface area contributed by atoms with Crippen LogP contribution in [0.3, 0.4) is 0 Å². The largest absolute Gasteiger partial charge is 0.493 e. The highest BCUT2D eigenvalue weighted by atomic mass is 19.4. The lowest BCUT2D eigenvalue weighted by molar-refractivity contribution is -0.138. The van der Waals surface area contributed by atoms with Crippen LogP contribution in [0.5, 0.6) is 5.75 Å². The van der Waals surface area contributed by atoms with E-state index in [0.717, 1.165) is 17.8 Å². The van der Waals surface area contributed by atoms with Crippen molar-refractivity contribution in [1.29, 1.82) is 0 Å². The molecule has 0 atom stereocenters. The van der Waals surface area contributed by atoms with Gasteiger partial charge in [-0.15, -0.1) is 5.53 Å². The summed E-state index contributed by atoms with van der Waals surface area (Å²) in [5, 5.41) is 1.71. The Morgan fingerprint density at radius 3 is 2.60 bits per heavy atom. The molecule has 2 aromatic carbocycles. The summed E-state index contributed by atoms with van der Waals surface area (Å²) in [6.45, 7) is 1.64. The monoisotopic (exact) mass is 415 g/mol. The van der Waals surface area contributed by atoms with E-state index in [-0.39, 0.29) is 29.1 Å². The van der Waals surface area contributed by atoms with E-state index in [0.29, 0.717) is 5.56 Å². The van der Waals surface area contributed by atoms with Crippen molar-refractivity contribution in [3.05, 3.63) is 70.8 Å². The summed E-state index contributed by atoms with van der Waals surface area (Å²) in [4.78, 5) is 20.5. The summed E-state index contributed by atoms with van der Waals surface area (Å²) in [5.41, 5.74) is 5.62. The predicted octanol–water partition coefficient (Wildman–Crippen LogP) is 3.37. The van der Waals surface area contributed by atoms with Gasteiger partial charge < -0.3 is 10.2 Å². The first kappa shape index (κ1) is 19.6. The first-order valence-electron chi connectivity index (χ1n) is 9.00. The summed E-state index contributed by atoms with van der Waals surface area (Å²) >= 11 is 0. The molecule has 10 heteroatoms. The van der Waals surface area contributed by atoms with Gasteiger partial charge in [0, 0.05) is 30.1 Å². The number of anilines is 1. The molecule has 1 aliphatic rings. The second-order valence-electron chi connectivity index (χ2n) is 6.35. The average Bonchev–Trinajstić information content (AvgIpc) is 3.18. The van der Waals surface area contributed by atoms with Crippen LogP contribution >= 0.6 is 0 Å². The molecule has 2 heterocycles. The van der Waals surface area contributed by atoms with E-state index >= 15 is 0 Å². The van der Waals surface area contributed by atoms with Crippen LogP contribution in [0, 0.1) is 0 Å². The van der Waals surface area contributed by atoms with Crippen molar-refractivity contribution in [3.8, 4) is 17.0 Å². The number of rotatable bonds is 4. The van der Waals surface area contributed by atoms with Crippen LogP contribution in [-0.2, 0) is 6.18 Å². The molecule has 3 aromatic rings. The summed E-state index contributed by atoms with van der Waals surface area (Å²) in [7, 11) is 0. The lowest BCUT2D eigenvalue weighted by Crippen LogP contribution is -2.35. The highest BCUT2D eigenvalue weighted by molar-refractivity contribution is 5.79. The second-order valence-corrected chi connectivity index (χ2v) is 6.35. The Balaban J connectivity index is 1.89. The standard InChI is InChI=1S/C20H16F3N5O2/c1-2-30-18-10-17-16(9-14(18)20(21,22)23)26-19(29)11-15(25-17)12-4-3-5-13(8-12)28-7-6-24-27-28/h3-11,24,27H,2H2,1H3. The van der Waals surface area contributed by atoms with E-state index in [2.05, 4.69) is 20.9 Å². The molecular formula is C20H16F3N5O2. The smallest absolute Gasteiger partial charge is 0.420 e. The number of aromatic nitrogens is 2. The van der Waals surface area contributed by atoms with Crippen molar-refractivity contribution in [2.75, 3.05) is 11.6 Å². The predicted molar refractivity (Wildman–Crippen MR) is 105 cm³/mol. The minimum Gasteiger partial charge on any atom is -0.493 e. The molecule has 0 spiro atoms. The molecule has 1 aromatic heterocycles. The topological polar surface area (TPSA) is 79.4 Å². The van der Waals surface area contributed by atoms with E-state index in [1.165, 1.54) is 6.07 Å². The van der Waals surface area contributed by atoms with Gasteiger partial charge in [0.25, 0.3) is 5.56 Å². The molecule has 0 bridgehead atoms. The Morgan fingerprint density at radius 1 is 1.10 bits per heavy atom. The number of hydrogen-bond acceptors (Lipinski definition) is 7. The van der Waals surface area contributed by atoms with Crippen LogP contribution in [0.1, 0.15) is 12.5 Å². The third-order valence-electron chi connectivity index (χ3n) is 4.33. The SMILES string of the molecule is CCOc1cc2nc(-c3cccc(N4C=CNN4)c3)cc(=O)nc2cc1C(F)(F)F. The van der Waals surface area contributed by atoms with Crippen molar-refractivity contribution in [2.45, 2.75) is 13.1 Å². The Labute approximate surface area is 168 Å². The van der Waals surface area contributed by atoms with Crippen LogP contribution in [-0.4, -0.2) is 16.6 Å². The van der Waals surface area contributed by atoms with Gasteiger partial charge >= 0.3 is 6.18 Å². The summed E-state index contributed by atoms with van der Waals surface area (Å²) in [6, 6.07) is 10.3. The maximum atomic E-state index is 13.4. The van der Waals surface area contributed by atoms with Gasteiger partial charge in [0.15, 0.2) is 0 Å². The van der Waals surface area contributed by atoms with Crippen LogP contribution in [0.2, 0.25) is 0 Å². The Kier molecular flexibility index (Phi) is 5.00. The van der Waals surface area contributed by atoms with Gasteiger partial charge in [-0.05, 0) is 25.1 Å². The van der Waals surface area contributed by atoms with Crippen molar-refractivity contribution in [3.63, 3.8) is 0 Å². The van der Waals surface area contributed by atoms with Crippen LogP contribution in [0.15, 0.2) is 59.7 Å². The number of hydrazine groups is 2. The fourth-order valence-electron chi connectivity index (χ4n) is 3.03. The molecule has 1 aliphatic heterocycles. The maximum Gasteiger partial charge on any atom is 0.420 e. The van der Waals surface area contributed by atoms with E-state index in [4.69, 9.17) is 4.74 Å². The van der Waals surface area contributed by atoms with Crippen LogP contribution in [0.25, 0.3) is 22.3 Å². The summed E-state index contributed by atoms with van der Waals surface area (Å²) < 4.78 is 45.4. The molecular weight excluding hydrogens is 399 g/mol. The fraction of sp³-hybridized carbons (Fsp3) is 0.150. The van der Waals surface area contributed by atoms with Crippen molar-refractivity contribution in [2.24, 2.45) is 0 Å². The van der Waals surface area contributed by atoms with E-state index in [1.54, 1.807) is 42.5 Å². The zero-order valence-electron chi connectivity index (χ0n) is 15.7. The molecule has 154 valence electrons. The maximum absolute atomic E-state index is 13.4. The van der Waals surface area contributed by atoms with E-state index in [9.17, 15) is 18.0 Å². The number of nitrogens with one attached hydrogen (secondary N) is 2. The minimum absolute atomic E-state index is 0.0487. The molecule has 30 heavy (non-hydrogen) atoms. The lowest BCUT2D eigenvalue weighted by atomic mass is 10.1. The Bertz CT molecular complexity index is 1200. The van der Waals surface area contributed by atoms with E-state index in [1.807, 2.05) is 6.07 Å².